The van der Waals surface area contributed by atoms with E-state index in [2.05, 4.69) is 62.2 Å². The summed E-state index contributed by atoms with van der Waals surface area (Å²) in [4.78, 5) is 12.8. The van der Waals surface area contributed by atoms with E-state index in [-0.39, 0.29) is 11.2 Å². The molecular weight excluding hydrogens is 352 g/mol. The summed E-state index contributed by atoms with van der Waals surface area (Å²) in [5.41, 5.74) is 8.82. The molecule has 28 heavy (non-hydrogen) atoms. The van der Waals surface area contributed by atoms with Crippen LogP contribution in [-0.2, 0) is 0 Å². The summed E-state index contributed by atoms with van der Waals surface area (Å²) in [5, 5.41) is 15.1. The van der Waals surface area contributed by atoms with Crippen LogP contribution in [0.2, 0.25) is 0 Å². The van der Waals surface area contributed by atoms with Crippen molar-refractivity contribution in [1.29, 1.82) is 0 Å². The van der Waals surface area contributed by atoms with E-state index in [0.717, 1.165) is 18.5 Å². The number of non-ortho nitro benzene ring substituents is 1. The second-order valence-electron chi connectivity index (χ2n) is 8.10. The van der Waals surface area contributed by atoms with Gasteiger partial charge in [-0.25, -0.2) is 0 Å². The number of fused-ring (bicyclic) bond motifs is 1. The molecule has 0 bridgehead atoms. The monoisotopic (exact) mass is 380 g/mol. The minimum atomic E-state index is -0.411. The van der Waals surface area contributed by atoms with Crippen LogP contribution in [0, 0.1) is 17.0 Å². The van der Waals surface area contributed by atoms with Gasteiger partial charge in [0.1, 0.15) is 0 Å². The molecule has 0 saturated carbocycles. The van der Waals surface area contributed by atoms with Crippen molar-refractivity contribution in [3.05, 3.63) is 63.2 Å². The number of rotatable bonds is 5. The van der Waals surface area contributed by atoms with Crippen LogP contribution in [0.1, 0.15) is 56.7 Å². The lowest BCUT2D eigenvalue weighted by atomic mass is 9.79. The first kappa shape index (κ1) is 19.9. The first-order valence-electron chi connectivity index (χ1n) is 9.68. The van der Waals surface area contributed by atoms with Crippen LogP contribution in [0.5, 0.6) is 0 Å². The van der Waals surface area contributed by atoms with Crippen molar-refractivity contribution in [2.24, 2.45) is 5.10 Å². The molecule has 0 aliphatic carbocycles. The van der Waals surface area contributed by atoms with E-state index in [1.54, 1.807) is 12.1 Å². The molecule has 1 aliphatic rings. The summed E-state index contributed by atoms with van der Waals surface area (Å²) in [6.45, 7) is 12.2. The molecule has 0 saturated heterocycles. The zero-order valence-electron chi connectivity index (χ0n) is 17.2. The lowest BCUT2D eigenvalue weighted by Gasteiger charge is -2.47. The van der Waals surface area contributed by atoms with Gasteiger partial charge in [0.25, 0.3) is 5.69 Å². The molecule has 0 aromatic heterocycles. The summed E-state index contributed by atoms with van der Waals surface area (Å²) in [5.74, 6) is 0.489. The van der Waals surface area contributed by atoms with Crippen LogP contribution in [0.15, 0.2) is 41.5 Å². The Balaban J connectivity index is 1.83. The molecule has 3 rings (SSSR count). The molecule has 1 aliphatic heterocycles. The van der Waals surface area contributed by atoms with Crippen LogP contribution < -0.4 is 10.3 Å². The lowest BCUT2D eigenvalue weighted by molar-refractivity contribution is -0.384. The van der Waals surface area contributed by atoms with Crippen molar-refractivity contribution >= 4 is 23.3 Å². The summed E-state index contributed by atoms with van der Waals surface area (Å²) < 4.78 is 0. The summed E-state index contributed by atoms with van der Waals surface area (Å²) in [6, 6.07) is 10.7. The fourth-order valence-electron chi connectivity index (χ4n) is 4.22. The van der Waals surface area contributed by atoms with E-state index in [9.17, 15) is 10.1 Å². The number of nitro benzene ring substituents is 1. The van der Waals surface area contributed by atoms with Crippen molar-refractivity contribution in [3.63, 3.8) is 0 Å². The van der Waals surface area contributed by atoms with Gasteiger partial charge in [0, 0.05) is 29.9 Å². The number of hydrogen-bond donors (Lipinski definition) is 1. The maximum absolute atomic E-state index is 10.7. The minimum absolute atomic E-state index is 0.0671. The van der Waals surface area contributed by atoms with Gasteiger partial charge in [-0.15, -0.1) is 0 Å². The number of hydrazone groups is 1. The number of nitro groups is 1. The Morgan fingerprint density at radius 3 is 2.61 bits per heavy atom. The van der Waals surface area contributed by atoms with Crippen LogP contribution in [-0.4, -0.2) is 23.2 Å². The predicted molar refractivity (Wildman–Crippen MR) is 116 cm³/mol. The van der Waals surface area contributed by atoms with Gasteiger partial charge in [0.05, 0.1) is 16.8 Å². The van der Waals surface area contributed by atoms with Crippen LogP contribution in [0.25, 0.3) is 0 Å². The fourth-order valence-corrected chi connectivity index (χ4v) is 4.22. The molecule has 0 fully saturated rings. The largest absolute Gasteiger partial charge is 0.366 e. The van der Waals surface area contributed by atoms with Crippen LogP contribution >= 0.6 is 0 Å². The van der Waals surface area contributed by atoms with Gasteiger partial charge in [-0.3, -0.25) is 15.5 Å². The second-order valence-corrected chi connectivity index (χ2v) is 8.10. The van der Waals surface area contributed by atoms with Gasteiger partial charge in [0.2, 0.25) is 0 Å². The van der Waals surface area contributed by atoms with Crippen LogP contribution in [0.3, 0.4) is 0 Å². The molecule has 148 valence electrons. The van der Waals surface area contributed by atoms with Crippen molar-refractivity contribution in [2.75, 3.05) is 16.9 Å². The molecule has 6 nitrogen and oxygen atoms in total. The van der Waals surface area contributed by atoms with E-state index in [0.29, 0.717) is 11.6 Å². The van der Waals surface area contributed by atoms with Gasteiger partial charge in [-0.05, 0) is 81.0 Å². The van der Waals surface area contributed by atoms with E-state index >= 15 is 0 Å². The summed E-state index contributed by atoms with van der Waals surface area (Å²) in [7, 11) is 0. The topological polar surface area (TPSA) is 70.8 Å². The standard InChI is InChI=1S/C22H28N4O2/c1-6-25-21-11-15(2)17(12-20(21)16(3)13-22(25,4)5)14-23-24-18-7-9-19(10-8-18)26(27)28/h7-12,14,16,24H,6,13H2,1-5H3/b23-14-/t16-/m0/s1. The number of hydrogen-bond acceptors (Lipinski definition) is 5. The summed E-state index contributed by atoms with van der Waals surface area (Å²) >= 11 is 0. The molecule has 6 heteroatoms. The Morgan fingerprint density at radius 2 is 2.00 bits per heavy atom. The Kier molecular flexibility index (Phi) is 5.40. The average Bonchev–Trinajstić information content (AvgIpc) is 2.62. The predicted octanol–water partition coefficient (Wildman–Crippen LogP) is 5.46. The Bertz CT molecular complexity index is 903. The van der Waals surface area contributed by atoms with Crippen molar-refractivity contribution < 1.29 is 4.92 Å². The fraction of sp³-hybridized carbons (Fsp3) is 0.409. The van der Waals surface area contributed by atoms with Crippen molar-refractivity contribution in [3.8, 4) is 0 Å². The molecule has 0 spiro atoms. The SMILES string of the molecule is CCN1c2cc(C)c(/C=N\Nc3ccc([N+](=O)[O-])cc3)cc2[C@@H](C)CC1(C)C. The van der Waals surface area contributed by atoms with E-state index in [1.807, 2.05) is 6.21 Å². The van der Waals surface area contributed by atoms with Gasteiger partial charge in [-0.1, -0.05) is 6.92 Å². The first-order chi connectivity index (χ1) is 13.2. The van der Waals surface area contributed by atoms with E-state index in [4.69, 9.17) is 0 Å². The minimum Gasteiger partial charge on any atom is -0.366 e. The Morgan fingerprint density at radius 1 is 1.32 bits per heavy atom. The number of nitrogens with zero attached hydrogens (tertiary/aromatic N) is 3. The third kappa shape index (κ3) is 3.86. The Labute approximate surface area is 166 Å². The normalized spacial score (nSPS) is 18.2. The average molecular weight is 380 g/mol. The Hall–Kier alpha value is -2.89. The molecule has 2 aromatic rings. The zero-order chi connectivity index (χ0) is 20.5. The molecule has 1 heterocycles. The highest BCUT2D eigenvalue weighted by atomic mass is 16.6. The van der Waals surface area contributed by atoms with Gasteiger partial charge >= 0.3 is 0 Å². The van der Waals surface area contributed by atoms with Crippen LogP contribution in [0.4, 0.5) is 17.1 Å². The maximum atomic E-state index is 10.7. The number of benzene rings is 2. The smallest absolute Gasteiger partial charge is 0.269 e. The van der Waals surface area contributed by atoms with Crippen molar-refractivity contribution in [2.45, 2.75) is 52.5 Å². The number of aryl methyl sites for hydroxylation is 1. The third-order valence-corrected chi connectivity index (χ3v) is 5.57. The van der Waals surface area contributed by atoms with E-state index < -0.39 is 4.92 Å². The second kappa shape index (κ2) is 7.62. The summed E-state index contributed by atoms with van der Waals surface area (Å²) in [6.07, 6.45) is 2.94. The highest BCUT2D eigenvalue weighted by Gasteiger charge is 2.35. The quantitative estimate of drug-likeness (QED) is 0.425. The van der Waals surface area contributed by atoms with Crippen molar-refractivity contribution in [1.82, 2.24) is 0 Å². The molecule has 1 N–H and O–H groups in total. The molecule has 0 radical (unpaired) electrons. The van der Waals surface area contributed by atoms with Gasteiger partial charge in [-0.2, -0.15) is 5.10 Å². The third-order valence-electron chi connectivity index (χ3n) is 5.57. The molecule has 2 aromatic carbocycles. The first-order valence-corrected chi connectivity index (χ1v) is 9.68. The molecular formula is C22H28N4O2. The molecule has 1 atom stereocenters. The number of nitrogens with one attached hydrogen (secondary N) is 1. The van der Waals surface area contributed by atoms with Gasteiger partial charge < -0.3 is 4.90 Å². The molecule has 0 unspecified atom stereocenters. The highest BCUT2D eigenvalue weighted by Crippen LogP contribution is 2.43. The lowest BCUT2D eigenvalue weighted by Crippen LogP contribution is -2.48. The van der Waals surface area contributed by atoms with Gasteiger partial charge in [0.15, 0.2) is 0 Å². The maximum Gasteiger partial charge on any atom is 0.269 e. The van der Waals surface area contributed by atoms with E-state index in [1.165, 1.54) is 28.9 Å². The number of anilines is 2. The molecule has 0 amide bonds. The zero-order valence-corrected chi connectivity index (χ0v) is 17.2. The highest BCUT2D eigenvalue weighted by molar-refractivity contribution is 5.84.